The van der Waals surface area contributed by atoms with Crippen molar-refractivity contribution in [3.05, 3.63) is 35.5 Å². The van der Waals surface area contributed by atoms with Gasteiger partial charge in [0.1, 0.15) is 5.82 Å². The molecule has 1 aliphatic carbocycles. The molecule has 176 valence electrons. The Morgan fingerprint density at radius 1 is 1.18 bits per heavy atom. The van der Waals surface area contributed by atoms with Crippen LogP contribution in [0.3, 0.4) is 0 Å². The van der Waals surface area contributed by atoms with Crippen LogP contribution in [0.15, 0.2) is 24.3 Å². The summed E-state index contributed by atoms with van der Waals surface area (Å²) in [4.78, 5) is 26.9. The van der Waals surface area contributed by atoms with Crippen LogP contribution in [0.1, 0.15) is 44.9 Å². The van der Waals surface area contributed by atoms with Gasteiger partial charge in [-0.05, 0) is 49.9 Å². The lowest BCUT2D eigenvalue weighted by molar-refractivity contribution is 0.0984. The molecular weight excluding hydrogens is 416 g/mol. The molecule has 2 N–H and O–H groups in total. The van der Waals surface area contributed by atoms with Gasteiger partial charge in [0.05, 0.1) is 24.9 Å². The van der Waals surface area contributed by atoms with Crippen LogP contribution < -0.4 is 15.5 Å². The third-order valence-corrected chi connectivity index (χ3v) is 6.40. The molecule has 1 saturated heterocycles. The minimum absolute atomic E-state index is 0.145. The van der Waals surface area contributed by atoms with E-state index in [1.54, 1.807) is 0 Å². The second kappa shape index (κ2) is 9.27. The summed E-state index contributed by atoms with van der Waals surface area (Å²) < 4.78 is 5.68. The molecule has 2 aliphatic heterocycles. The quantitative estimate of drug-likeness (QED) is 0.700. The molecule has 3 heterocycles. The van der Waals surface area contributed by atoms with Gasteiger partial charge in [0.15, 0.2) is 5.82 Å². The van der Waals surface area contributed by atoms with Gasteiger partial charge in [0, 0.05) is 49.0 Å². The van der Waals surface area contributed by atoms with Gasteiger partial charge in [-0.1, -0.05) is 13.8 Å². The number of urea groups is 1. The number of nitrogens with zero attached hydrogens (tertiary/aromatic N) is 4. The first-order chi connectivity index (χ1) is 16.0. The lowest BCUT2D eigenvalue weighted by Gasteiger charge is -2.35. The summed E-state index contributed by atoms with van der Waals surface area (Å²) in [5.41, 5.74) is 4.10. The second-order valence-electron chi connectivity index (χ2n) is 9.93. The summed E-state index contributed by atoms with van der Waals surface area (Å²) in [6.07, 6.45) is 2.14. The first kappa shape index (κ1) is 22.1. The van der Waals surface area contributed by atoms with Crippen molar-refractivity contribution >= 4 is 17.5 Å². The Hall–Kier alpha value is -2.71. The maximum absolute atomic E-state index is 12.0. The normalized spacial score (nSPS) is 20.7. The fourth-order valence-corrected chi connectivity index (χ4v) is 4.64. The van der Waals surface area contributed by atoms with E-state index in [9.17, 15) is 4.79 Å². The van der Waals surface area contributed by atoms with Crippen LogP contribution in [0.2, 0.25) is 0 Å². The number of rotatable bonds is 6. The maximum atomic E-state index is 12.0. The average molecular weight is 451 g/mol. The number of benzene rings is 1. The van der Waals surface area contributed by atoms with Crippen molar-refractivity contribution in [1.29, 1.82) is 0 Å². The van der Waals surface area contributed by atoms with Crippen LogP contribution in [0, 0.1) is 5.92 Å². The number of hydrogen-bond donors (Lipinski definition) is 2. The summed E-state index contributed by atoms with van der Waals surface area (Å²) in [6.45, 7) is 11.8. The topological polar surface area (TPSA) is 82.6 Å². The van der Waals surface area contributed by atoms with Crippen LogP contribution >= 0.6 is 0 Å². The summed E-state index contributed by atoms with van der Waals surface area (Å²) in [5.74, 6) is 2.39. The molecule has 0 unspecified atom stereocenters. The van der Waals surface area contributed by atoms with E-state index in [4.69, 9.17) is 14.7 Å². The van der Waals surface area contributed by atoms with Crippen LogP contribution in [0.5, 0.6) is 0 Å². The molecule has 1 aromatic carbocycles. The smallest absolute Gasteiger partial charge is 0.319 e. The van der Waals surface area contributed by atoms with Gasteiger partial charge in [-0.15, -0.1) is 0 Å². The fraction of sp³-hybridized carbons (Fsp3) is 0.560. The summed E-state index contributed by atoms with van der Waals surface area (Å²) in [6, 6.07) is 8.28. The molecule has 2 fully saturated rings. The first-order valence-electron chi connectivity index (χ1n) is 12.1. The van der Waals surface area contributed by atoms with E-state index in [0.29, 0.717) is 18.6 Å². The molecule has 0 radical (unpaired) electrons. The number of ether oxygens (including phenoxy) is 1. The van der Waals surface area contributed by atoms with Crippen molar-refractivity contribution in [1.82, 2.24) is 20.2 Å². The predicted octanol–water partition coefficient (Wildman–Crippen LogP) is 3.62. The highest BCUT2D eigenvalue weighted by atomic mass is 16.5. The number of anilines is 2. The van der Waals surface area contributed by atoms with Gasteiger partial charge < -0.3 is 20.3 Å². The number of morpholine rings is 1. The third kappa shape index (κ3) is 5.12. The fourth-order valence-electron chi connectivity index (χ4n) is 4.64. The number of fused-ring (bicyclic) bond motifs is 1. The lowest BCUT2D eigenvalue weighted by atomic mass is 10.1. The maximum Gasteiger partial charge on any atom is 0.319 e. The average Bonchev–Trinajstić information content (AvgIpc) is 3.50. The Morgan fingerprint density at radius 2 is 1.97 bits per heavy atom. The van der Waals surface area contributed by atoms with Crippen molar-refractivity contribution in [2.45, 2.75) is 58.8 Å². The van der Waals surface area contributed by atoms with E-state index in [1.165, 1.54) is 5.56 Å². The van der Waals surface area contributed by atoms with Gasteiger partial charge in [0.25, 0.3) is 0 Å². The molecule has 2 amide bonds. The second-order valence-corrected chi connectivity index (χ2v) is 9.93. The number of amides is 2. The molecule has 0 bridgehead atoms. The first-order valence-corrected chi connectivity index (χ1v) is 12.1. The van der Waals surface area contributed by atoms with Crippen molar-refractivity contribution < 1.29 is 9.53 Å². The molecular formula is C25H34N6O2. The Morgan fingerprint density at radius 3 is 2.67 bits per heavy atom. The number of carbonyl (C=O) groups is 1. The van der Waals surface area contributed by atoms with E-state index in [-0.39, 0.29) is 12.1 Å². The van der Waals surface area contributed by atoms with E-state index in [2.05, 4.69) is 41.2 Å². The zero-order valence-corrected chi connectivity index (χ0v) is 19.8. The minimum atomic E-state index is -0.145. The zero-order valence-electron chi connectivity index (χ0n) is 19.8. The molecule has 8 heteroatoms. The van der Waals surface area contributed by atoms with E-state index >= 15 is 0 Å². The van der Waals surface area contributed by atoms with Gasteiger partial charge in [0.2, 0.25) is 0 Å². The highest BCUT2D eigenvalue weighted by Gasteiger charge is 2.31. The molecule has 1 atom stereocenters. The lowest BCUT2D eigenvalue weighted by Crippen LogP contribution is -2.44. The van der Waals surface area contributed by atoms with E-state index < -0.39 is 0 Å². The Balaban J connectivity index is 1.41. The number of nitrogens with one attached hydrogen (secondary N) is 2. The number of hydrogen-bond acceptors (Lipinski definition) is 6. The largest absolute Gasteiger partial charge is 0.377 e. The van der Waals surface area contributed by atoms with Gasteiger partial charge >= 0.3 is 6.03 Å². The number of aromatic nitrogens is 2. The van der Waals surface area contributed by atoms with Crippen molar-refractivity contribution in [2.75, 3.05) is 36.5 Å². The van der Waals surface area contributed by atoms with E-state index in [0.717, 1.165) is 74.2 Å². The van der Waals surface area contributed by atoms with E-state index in [1.807, 2.05) is 24.3 Å². The Bertz CT molecular complexity index is 1000. The third-order valence-electron chi connectivity index (χ3n) is 6.40. The van der Waals surface area contributed by atoms with Crippen molar-refractivity contribution in [3.63, 3.8) is 0 Å². The van der Waals surface area contributed by atoms with Gasteiger partial charge in [-0.25, -0.2) is 14.8 Å². The van der Waals surface area contributed by atoms with Gasteiger partial charge in [-0.3, -0.25) is 4.90 Å². The van der Waals surface area contributed by atoms with Crippen LogP contribution in [0.25, 0.3) is 11.4 Å². The van der Waals surface area contributed by atoms with Crippen molar-refractivity contribution in [3.8, 4) is 11.4 Å². The Labute approximate surface area is 195 Å². The predicted molar refractivity (Wildman–Crippen MR) is 129 cm³/mol. The summed E-state index contributed by atoms with van der Waals surface area (Å²) in [7, 11) is 0. The molecule has 5 rings (SSSR count). The van der Waals surface area contributed by atoms with Crippen molar-refractivity contribution in [2.24, 2.45) is 5.92 Å². The molecule has 1 aromatic heterocycles. The monoisotopic (exact) mass is 450 g/mol. The highest BCUT2D eigenvalue weighted by Crippen LogP contribution is 2.34. The molecule has 33 heavy (non-hydrogen) atoms. The molecule has 1 saturated carbocycles. The molecule has 2 aromatic rings. The molecule has 8 nitrogen and oxygen atoms in total. The summed E-state index contributed by atoms with van der Waals surface area (Å²) in [5, 5.41) is 5.85. The highest BCUT2D eigenvalue weighted by molar-refractivity contribution is 5.89. The Kier molecular flexibility index (Phi) is 6.21. The molecule has 0 spiro atoms. The van der Waals surface area contributed by atoms with Crippen LogP contribution in [0.4, 0.5) is 16.3 Å². The molecule has 3 aliphatic rings. The SMILES string of the molecule is CC(C)CN1Cc2nc(-c3ccc(NC(=O)NC4CC4)cc3)nc(N3CCOC[C@@H]3C)c2C1. The standard InChI is InChI=1S/C25H34N6O2/c1-16(2)12-30-13-21-22(14-30)28-23(29-24(21)31-10-11-33-15-17(31)3)18-4-6-19(7-5-18)26-25(32)27-20-8-9-20/h4-7,16-17,20H,8-15H2,1-3H3,(H2,26,27,32)/t17-/m0/s1. The zero-order chi connectivity index (χ0) is 22.9. The summed E-state index contributed by atoms with van der Waals surface area (Å²) >= 11 is 0. The number of carbonyl (C=O) groups excluding carboxylic acids is 1. The van der Waals surface area contributed by atoms with Crippen LogP contribution in [-0.2, 0) is 17.8 Å². The minimum Gasteiger partial charge on any atom is -0.377 e. The van der Waals surface area contributed by atoms with Gasteiger partial charge in [-0.2, -0.15) is 0 Å². The van der Waals surface area contributed by atoms with Crippen LogP contribution in [-0.4, -0.2) is 59.3 Å².